The molecule has 0 spiro atoms. The predicted octanol–water partition coefficient (Wildman–Crippen LogP) is 3.76. The molecule has 20 heavy (non-hydrogen) atoms. The van der Waals surface area contributed by atoms with Crippen LogP contribution < -0.4 is 0 Å². The van der Waals surface area contributed by atoms with Crippen molar-refractivity contribution in [3.8, 4) is 0 Å². The lowest BCUT2D eigenvalue weighted by Crippen LogP contribution is -2.05. The van der Waals surface area contributed by atoms with Crippen molar-refractivity contribution >= 4 is 17.3 Å². The summed E-state index contributed by atoms with van der Waals surface area (Å²) < 4.78 is 37.8. The molecule has 1 heterocycles. The third-order valence-electron chi connectivity index (χ3n) is 2.65. The molecule has 3 nitrogen and oxygen atoms in total. The number of thiazole rings is 1. The van der Waals surface area contributed by atoms with E-state index in [0.29, 0.717) is 15.4 Å². The minimum Gasteiger partial charge on any atom is -0.476 e. The first-order valence-electron chi connectivity index (χ1n) is 5.63. The Kier molecular flexibility index (Phi) is 3.80. The Labute approximate surface area is 116 Å². The van der Waals surface area contributed by atoms with Crippen molar-refractivity contribution in [1.82, 2.24) is 4.98 Å². The molecule has 1 aromatic heterocycles. The van der Waals surface area contributed by atoms with Crippen molar-refractivity contribution in [2.45, 2.75) is 19.5 Å². The van der Waals surface area contributed by atoms with Crippen molar-refractivity contribution in [3.63, 3.8) is 0 Å². The summed E-state index contributed by atoms with van der Waals surface area (Å²) in [5.41, 5.74) is -0.316. The molecule has 0 aliphatic rings. The zero-order valence-electron chi connectivity index (χ0n) is 10.4. The molecule has 0 atom stereocenters. The van der Waals surface area contributed by atoms with Crippen molar-refractivity contribution in [2.24, 2.45) is 0 Å². The topological polar surface area (TPSA) is 50.2 Å². The van der Waals surface area contributed by atoms with Crippen LogP contribution in [0.4, 0.5) is 13.2 Å². The molecule has 7 heteroatoms. The van der Waals surface area contributed by atoms with E-state index in [1.165, 1.54) is 17.4 Å². The van der Waals surface area contributed by atoms with Gasteiger partial charge in [0.1, 0.15) is 0 Å². The maximum Gasteiger partial charge on any atom is 0.416 e. The zero-order chi connectivity index (χ0) is 14.9. The smallest absolute Gasteiger partial charge is 0.416 e. The Morgan fingerprint density at radius 3 is 2.65 bits per heavy atom. The number of halogens is 3. The number of hydrogen-bond acceptors (Lipinski definition) is 3. The largest absolute Gasteiger partial charge is 0.476 e. The van der Waals surface area contributed by atoms with Gasteiger partial charge in [0.2, 0.25) is 0 Å². The van der Waals surface area contributed by atoms with Crippen LogP contribution in [0.5, 0.6) is 0 Å². The summed E-state index contributed by atoms with van der Waals surface area (Å²) in [6, 6.07) is 4.94. The highest BCUT2D eigenvalue weighted by Crippen LogP contribution is 2.30. The van der Waals surface area contributed by atoms with E-state index in [-0.39, 0.29) is 12.1 Å². The molecule has 0 fully saturated rings. The molecular formula is C13H10F3NO2S. The molecule has 0 amide bonds. The predicted molar refractivity (Wildman–Crippen MR) is 68.1 cm³/mol. The normalized spacial score (nSPS) is 11.6. The van der Waals surface area contributed by atoms with Gasteiger partial charge < -0.3 is 5.11 Å². The van der Waals surface area contributed by atoms with Crippen LogP contribution in [0.1, 0.15) is 31.5 Å². The fourth-order valence-corrected chi connectivity index (χ4v) is 2.72. The van der Waals surface area contributed by atoms with E-state index in [1.54, 1.807) is 13.0 Å². The number of carboxylic acid groups (broad SMARTS) is 1. The second-order valence-electron chi connectivity index (χ2n) is 4.19. The second kappa shape index (κ2) is 5.24. The Bertz CT molecular complexity index is 649. The minimum absolute atomic E-state index is 0.0445. The molecular weight excluding hydrogens is 291 g/mol. The molecule has 0 bridgehead atoms. The van der Waals surface area contributed by atoms with Crippen molar-refractivity contribution in [3.05, 3.63) is 51.0 Å². The summed E-state index contributed by atoms with van der Waals surface area (Å²) in [6.07, 6.45) is -4.20. The van der Waals surface area contributed by atoms with Gasteiger partial charge in [-0.2, -0.15) is 13.2 Å². The van der Waals surface area contributed by atoms with Crippen molar-refractivity contribution < 1.29 is 23.1 Å². The average molecular weight is 301 g/mol. The van der Waals surface area contributed by atoms with E-state index in [1.807, 2.05) is 0 Å². The lowest BCUT2D eigenvalue weighted by molar-refractivity contribution is -0.137. The molecule has 1 N–H and O–H groups in total. The Morgan fingerprint density at radius 2 is 2.10 bits per heavy atom. The number of aromatic carboxylic acids is 1. The van der Waals surface area contributed by atoms with E-state index >= 15 is 0 Å². The van der Waals surface area contributed by atoms with Gasteiger partial charge in [0, 0.05) is 11.3 Å². The first-order chi connectivity index (χ1) is 9.27. The number of carboxylic acids is 1. The molecule has 2 aromatic rings. The SMILES string of the molecule is Cc1sc(Cc2cccc(C(F)(F)F)c2)nc1C(=O)O. The molecule has 0 aliphatic heterocycles. The first kappa shape index (κ1) is 14.5. The highest BCUT2D eigenvalue weighted by molar-refractivity contribution is 7.11. The van der Waals surface area contributed by atoms with E-state index < -0.39 is 17.7 Å². The fourth-order valence-electron chi connectivity index (χ4n) is 1.76. The molecule has 0 saturated heterocycles. The quantitative estimate of drug-likeness (QED) is 0.939. The van der Waals surface area contributed by atoms with Crippen LogP contribution in [0.25, 0.3) is 0 Å². The molecule has 106 valence electrons. The number of alkyl halides is 3. The minimum atomic E-state index is -4.39. The Hall–Kier alpha value is -1.89. The number of aryl methyl sites for hydroxylation is 1. The number of rotatable bonds is 3. The molecule has 2 rings (SSSR count). The van der Waals surface area contributed by atoms with Gasteiger partial charge in [-0.05, 0) is 18.6 Å². The second-order valence-corrected chi connectivity index (χ2v) is 5.48. The molecule has 0 unspecified atom stereocenters. The van der Waals surface area contributed by atoms with Crippen LogP contribution in [-0.2, 0) is 12.6 Å². The van der Waals surface area contributed by atoms with E-state index in [4.69, 9.17) is 5.11 Å². The van der Waals surface area contributed by atoms with Crippen LogP contribution in [0.3, 0.4) is 0 Å². The van der Waals surface area contributed by atoms with E-state index in [0.717, 1.165) is 12.1 Å². The summed E-state index contributed by atoms with van der Waals surface area (Å²) in [4.78, 5) is 15.3. The standard InChI is InChI=1S/C13H10F3NO2S/c1-7-11(12(18)19)17-10(20-7)6-8-3-2-4-9(5-8)13(14,15)16/h2-5H,6H2,1H3,(H,18,19). The molecule has 1 aromatic carbocycles. The van der Waals surface area contributed by atoms with Gasteiger partial charge in [-0.25, -0.2) is 9.78 Å². The summed E-state index contributed by atoms with van der Waals surface area (Å²) >= 11 is 1.18. The van der Waals surface area contributed by atoms with Crippen LogP contribution in [-0.4, -0.2) is 16.1 Å². The highest BCUT2D eigenvalue weighted by atomic mass is 32.1. The Morgan fingerprint density at radius 1 is 1.40 bits per heavy atom. The summed E-state index contributed by atoms with van der Waals surface area (Å²) in [7, 11) is 0. The third kappa shape index (κ3) is 3.16. The summed E-state index contributed by atoms with van der Waals surface area (Å²) in [6.45, 7) is 1.62. The lowest BCUT2D eigenvalue weighted by Gasteiger charge is -2.07. The molecule has 0 aliphatic carbocycles. The van der Waals surface area contributed by atoms with Gasteiger partial charge >= 0.3 is 12.1 Å². The van der Waals surface area contributed by atoms with E-state index in [9.17, 15) is 18.0 Å². The summed E-state index contributed by atoms with van der Waals surface area (Å²) in [5.74, 6) is -1.13. The average Bonchev–Trinajstić information content (AvgIpc) is 2.69. The fraction of sp³-hybridized carbons (Fsp3) is 0.231. The molecule has 0 saturated carbocycles. The Balaban J connectivity index is 2.26. The van der Waals surface area contributed by atoms with Crippen molar-refractivity contribution in [1.29, 1.82) is 0 Å². The number of nitrogens with zero attached hydrogens (tertiary/aromatic N) is 1. The van der Waals surface area contributed by atoms with Gasteiger partial charge in [-0.15, -0.1) is 11.3 Å². The lowest BCUT2D eigenvalue weighted by atomic mass is 10.1. The van der Waals surface area contributed by atoms with Crippen LogP contribution >= 0.6 is 11.3 Å². The van der Waals surface area contributed by atoms with Gasteiger partial charge in [0.05, 0.1) is 10.6 Å². The highest BCUT2D eigenvalue weighted by Gasteiger charge is 2.30. The first-order valence-corrected chi connectivity index (χ1v) is 6.45. The van der Waals surface area contributed by atoms with Gasteiger partial charge in [0.15, 0.2) is 5.69 Å². The van der Waals surface area contributed by atoms with Gasteiger partial charge in [-0.3, -0.25) is 0 Å². The van der Waals surface area contributed by atoms with Gasteiger partial charge in [-0.1, -0.05) is 18.2 Å². The maximum atomic E-state index is 12.6. The van der Waals surface area contributed by atoms with E-state index in [2.05, 4.69) is 4.98 Å². The maximum absolute atomic E-state index is 12.6. The van der Waals surface area contributed by atoms with Crippen LogP contribution in [0.15, 0.2) is 24.3 Å². The van der Waals surface area contributed by atoms with Crippen LogP contribution in [0.2, 0.25) is 0 Å². The number of benzene rings is 1. The monoisotopic (exact) mass is 301 g/mol. The van der Waals surface area contributed by atoms with Crippen LogP contribution in [0, 0.1) is 6.92 Å². The third-order valence-corrected chi connectivity index (χ3v) is 3.62. The van der Waals surface area contributed by atoms with Gasteiger partial charge in [0.25, 0.3) is 0 Å². The number of aromatic nitrogens is 1. The summed E-state index contributed by atoms with van der Waals surface area (Å²) in [5, 5.41) is 9.38. The number of hydrogen-bond donors (Lipinski definition) is 1. The zero-order valence-corrected chi connectivity index (χ0v) is 11.2. The molecule has 0 radical (unpaired) electrons. The van der Waals surface area contributed by atoms with Crippen molar-refractivity contribution in [2.75, 3.05) is 0 Å². The number of carbonyl (C=O) groups is 1.